The van der Waals surface area contributed by atoms with Crippen LogP contribution in [0.15, 0.2) is 66.7 Å². The van der Waals surface area contributed by atoms with Crippen molar-refractivity contribution < 1.29 is 14.6 Å². The number of hydrogen-bond acceptors (Lipinski definition) is 5. The van der Waals surface area contributed by atoms with Gasteiger partial charge in [0.1, 0.15) is 22.7 Å². The fourth-order valence-corrected chi connectivity index (χ4v) is 4.25. The lowest BCUT2D eigenvalue weighted by Gasteiger charge is -2.12. The molecule has 1 aliphatic heterocycles. The van der Waals surface area contributed by atoms with Crippen molar-refractivity contribution in [2.75, 3.05) is 14.1 Å². The quantitative estimate of drug-likeness (QED) is 0.483. The summed E-state index contributed by atoms with van der Waals surface area (Å²) in [5, 5.41) is 11.0. The van der Waals surface area contributed by atoms with Crippen LogP contribution in [0, 0.1) is 0 Å². The van der Waals surface area contributed by atoms with Gasteiger partial charge in [-0.15, -0.1) is 0 Å². The lowest BCUT2D eigenvalue weighted by Crippen LogP contribution is -2.10. The minimum Gasteiger partial charge on any atom is -0.507 e. The second kappa shape index (κ2) is 7.66. The Morgan fingerprint density at radius 1 is 1.16 bits per heavy atom. The van der Waals surface area contributed by atoms with Crippen LogP contribution in [-0.4, -0.2) is 39.4 Å². The van der Waals surface area contributed by atoms with E-state index in [1.807, 2.05) is 38.0 Å². The van der Waals surface area contributed by atoms with Gasteiger partial charge in [0.2, 0.25) is 5.78 Å². The zero-order valence-corrected chi connectivity index (χ0v) is 18.2. The number of hydrogen-bond donors (Lipinski definition) is 1. The van der Waals surface area contributed by atoms with Crippen LogP contribution < -0.4 is 4.74 Å². The topological polar surface area (TPSA) is 67.6 Å². The fourth-order valence-electron chi connectivity index (χ4n) is 4.25. The van der Waals surface area contributed by atoms with Crippen LogP contribution in [0.3, 0.4) is 0 Å². The number of aryl methyl sites for hydroxylation is 1. The molecule has 0 unspecified atom stereocenters. The number of ketones is 1. The van der Waals surface area contributed by atoms with Gasteiger partial charge in [0, 0.05) is 36.9 Å². The van der Waals surface area contributed by atoms with Crippen molar-refractivity contribution in [3.8, 4) is 22.6 Å². The number of carbonyl (C=O) groups is 1. The first-order valence-electron chi connectivity index (χ1n) is 10.4. The van der Waals surface area contributed by atoms with Crippen LogP contribution in [0.25, 0.3) is 28.2 Å². The zero-order valence-electron chi connectivity index (χ0n) is 18.2. The molecule has 0 saturated heterocycles. The summed E-state index contributed by atoms with van der Waals surface area (Å²) in [7, 11) is 6.03. The molecule has 0 saturated carbocycles. The number of benzene rings is 2. The highest BCUT2D eigenvalue weighted by Crippen LogP contribution is 2.39. The number of ether oxygens (including phenoxy) is 1. The van der Waals surface area contributed by atoms with Gasteiger partial charge in [-0.05, 0) is 61.1 Å². The monoisotopic (exact) mass is 425 g/mol. The van der Waals surface area contributed by atoms with E-state index >= 15 is 0 Å². The molecule has 0 atom stereocenters. The molecule has 32 heavy (non-hydrogen) atoms. The molecule has 2 aromatic heterocycles. The van der Waals surface area contributed by atoms with Gasteiger partial charge in [0.05, 0.1) is 0 Å². The number of aromatic hydroxyl groups is 1. The highest BCUT2D eigenvalue weighted by atomic mass is 16.5. The molecule has 6 heteroatoms. The van der Waals surface area contributed by atoms with Gasteiger partial charge in [-0.2, -0.15) is 0 Å². The predicted molar refractivity (Wildman–Crippen MR) is 125 cm³/mol. The van der Waals surface area contributed by atoms with E-state index in [1.165, 1.54) is 11.6 Å². The molecule has 160 valence electrons. The molecule has 6 nitrogen and oxygen atoms in total. The second-order valence-corrected chi connectivity index (χ2v) is 8.28. The summed E-state index contributed by atoms with van der Waals surface area (Å²) in [5.41, 5.74) is 5.19. The third kappa shape index (κ3) is 3.35. The van der Waals surface area contributed by atoms with E-state index < -0.39 is 0 Å². The van der Waals surface area contributed by atoms with Gasteiger partial charge in [-0.25, -0.2) is 4.98 Å². The molecule has 0 spiro atoms. The maximum absolute atomic E-state index is 12.9. The number of phenolic OH excluding ortho intramolecular Hbond substituents is 1. The van der Waals surface area contributed by atoms with Gasteiger partial charge in [0.15, 0.2) is 5.76 Å². The molecule has 2 aromatic carbocycles. The number of fused-ring (bicyclic) bond motifs is 2. The molecule has 0 aliphatic carbocycles. The second-order valence-electron chi connectivity index (χ2n) is 8.28. The van der Waals surface area contributed by atoms with Crippen molar-refractivity contribution in [2.24, 2.45) is 7.05 Å². The number of phenols is 1. The summed E-state index contributed by atoms with van der Waals surface area (Å²) in [4.78, 5) is 19.6. The SMILES string of the molecule is CN(C)Cc1cccc(-c2ccnc3c2c(/C=C2\Oc4cccc(O)c4C2=O)cn3C)c1. The number of allylic oxidation sites excluding steroid dienone is 1. The van der Waals surface area contributed by atoms with E-state index in [4.69, 9.17) is 4.74 Å². The molecular weight excluding hydrogens is 402 g/mol. The van der Waals surface area contributed by atoms with E-state index in [2.05, 4.69) is 34.1 Å². The normalized spacial score (nSPS) is 14.4. The van der Waals surface area contributed by atoms with Crippen LogP contribution >= 0.6 is 0 Å². The maximum Gasteiger partial charge on any atom is 0.235 e. The predicted octanol–water partition coefficient (Wildman–Crippen LogP) is 4.62. The highest BCUT2D eigenvalue weighted by molar-refractivity contribution is 6.17. The Morgan fingerprint density at radius 2 is 1.97 bits per heavy atom. The Balaban J connectivity index is 1.65. The van der Waals surface area contributed by atoms with Gasteiger partial charge in [-0.1, -0.05) is 24.3 Å². The van der Waals surface area contributed by atoms with Crippen molar-refractivity contribution in [3.05, 3.63) is 83.4 Å². The van der Waals surface area contributed by atoms with Gasteiger partial charge in [0.25, 0.3) is 0 Å². The zero-order chi connectivity index (χ0) is 22.4. The number of pyridine rings is 1. The molecule has 4 aromatic rings. The fraction of sp³-hybridized carbons (Fsp3) is 0.154. The summed E-state index contributed by atoms with van der Waals surface area (Å²) in [5.74, 6) is 0.156. The number of Topliss-reactive ketones (excluding diaryl/α,β-unsaturated/α-hetero) is 1. The minimum absolute atomic E-state index is 0.0751. The number of carbonyl (C=O) groups excluding carboxylic acids is 1. The van der Waals surface area contributed by atoms with E-state index in [-0.39, 0.29) is 22.9 Å². The molecule has 1 N–H and O–H groups in total. The standard InChI is InChI=1S/C26H23N3O3/c1-28(2)14-16-6-4-7-17(12-16)19-10-11-27-26-23(19)18(15-29(26)3)13-22-25(31)24-20(30)8-5-9-21(24)32-22/h4-13,15,30H,14H2,1-3H3/b22-13-. The lowest BCUT2D eigenvalue weighted by atomic mass is 9.99. The first-order valence-corrected chi connectivity index (χ1v) is 10.4. The van der Waals surface area contributed by atoms with E-state index in [9.17, 15) is 9.90 Å². The largest absolute Gasteiger partial charge is 0.507 e. The van der Waals surface area contributed by atoms with Crippen LogP contribution in [0.5, 0.6) is 11.5 Å². The smallest absolute Gasteiger partial charge is 0.235 e. The summed E-state index contributed by atoms with van der Waals surface area (Å²) in [6, 6.07) is 15.3. The summed E-state index contributed by atoms with van der Waals surface area (Å²) < 4.78 is 7.73. The van der Waals surface area contributed by atoms with E-state index in [1.54, 1.807) is 24.4 Å². The molecule has 0 amide bonds. The Bertz CT molecular complexity index is 1400. The summed E-state index contributed by atoms with van der Waals surface area (Å²) in [6.45, 7) is 0.845. The third-order valence-corrected chi connectivity index (χ3v) is 5.58. The molecule has 5 rings (SSSR count). The van der Waals surface area contributed by atoms with Crippen LogP contribution in [-0.2, 0) is 13.6 Å². The van der Waals surface area contributed by atoms with Gasteiger partial charge < -0.3 is 19.3 Å². The van der Waals surface area contributed by atoms with Crippen LogP contribution in [0.1, 0.15) is 21.5 Å². The Labute approximate surface area is 186 Å². The number of aromatic nitrogens is 2. The molecule has 0 radical (unpaired) electrons. The summed E-state index contributed by atoms with van der Waals surface area (Å²) in [6.07, 6.45) is 5.48. The average Bonchev–Trinajstić information content (AvgIpc) is 3.25. The first-order chi connectivity index (χ1) is 15.4. The van der Waals surface area contributed by atoms with Gasteiger partial charge in [-0.3, -0.25) is 4.79 Å². The average molecular weight is 425 g/mol. The first kappa shape index (κ1) is 20.0. The Hall–Kier alpha value is -3.90. The van der Waals surface area contributed by atoms with Crippen molar-refractivity contribution in [1.82, 2.24) is 14.5 Å². The van der Waals surface area contributed by atoms with Gasteiger partial charge >= 0.3 is 0 Å². The summed E-state index contributed by atoms with van der Waals surface area (Å²) >= 11 is 0. The molecule has 0 bridgehead atoms. The molecule has 0 fully saturated rings. The number of rotatable bonds is 4. The Morgan fingerprint density at radius 3 is 2.75 bits per heavy atom. The van der Waals surface area contributed by atoms with Crippen LogP contribution in [0.2, 0.25) is 0 Å². The van der Waals surface area contributed by atoms with Crippen LogP contribution in [0.4, 0.5) is 0 Å². The molecule has 3 heterocycles. The third-order valence-electron chi connectivity index (χ3n) is 5.58. The molecule has 1 aliphatic rings. The Kier molecular flexibility index (Phi) is 4.79. The lowest BCUT2D eigenvalue weighted by molar-refractivity contribution is 0.101. The van der Waals surface area contributed by atoms with E-state index in [0.717, 1.165) is 34.3 Å². The van der Waals surface area contributed by atoms with Crippen molar-refractivity contribution in [2.45, 2.75) is 6.54 Å². The molecular formula is C26H23N3O3. The van der Waals surface area contributed by atoms with Crippen molar-refractivity contribution in [3.63, 3.8) is 0 Å². The van der Waals surface area contributed by atoms with Crippen molar-refractivity contribution >= 4 is 22.9 Å². The minimum atomic E-state index is -0.325. The maximum atomic E-state index is 12.9. The number of nitrogens with zero attached hydrogens (tertiary/aromatic N) is 3. The van der Waals surface area contributed by atoms with E-state index in [0.29, 0.717) is 5.75 Å². The highest BCUT2D eigenvalue weighted by Gasteiger charge is 2.30. The van der Waals surface area contributed by atoms with Crippen molar-refractivity contribution in [1.29, 1.82) is 0 Å².